The summed E-state index contributed by atoms with van der Waals surface area (Å²) < 4.78 is 1.52. The molecule has 14 heavy (non-hydrogen) atoms. The highest BCUT2D eigenvalue weighted by Crippen LogP contribution is 2.36. The molecule has 0 bridgehead atoms. The van der Waals surface area contributed by atoms with E-state index in [1.807, 2.05) is 0 Å². The van der Waals surface area contributed by atoms with Crippen molar-refractivity contribution < 1.29 is 9.90 Å². The van der Waals surface area contributed by atoms with Crippen molar-refractivity contribution in [3.8, 4) is 5.75 Å². The van der Waals surface area contributed by atoms with Gasteiger partial charge < -0.3 is 5.11 Å². The Morgan fingerprint density at radius 3 is 1.93 bits per heavy atom. The molecule has 0 aliphatic heterocycles. The quantitative estimate of drug-likeness (QED) is 0.451. The van der Waals surface area contributed by atoms with E-state index in [4.69, 9.17) is 9.90 Å². The van der Waals surface area contributed by atoms with Gasteiger partial charge in [-0.15, -0.1) is 0 Å². The van der Waals surface area contributed by atoms with Gasteiger partial charge in [0.15, 0.2) is 0 Å². The molecule has 0 radical (unpaired) electrons. The van der Waals surface area contributed by atoms with Crippen LogP contribution < -0.4 is 0 Å². The fourth-order valence-corrected chi connectivity index (χ4v) is 1.79. The van der Waals surface area contributed by atoms with Crippen molar-refractivity contribution in [1.29, 1.82) is 0 Å². The second-order valence-corrected chi connectivity index (χ2v) is 5.24. The topological polar surface area (TPSA) is 37.3 Å². The van der Waals surface area contributed by atoms with Crippen LogP contribution in [0.4, 0.5) is 4.79 Å². The maximum atomic E-state index is 9.13. The summed E-state index contributed by atoms with van der Waals surface area (Å²) in [7, 11) is 0. The van der Waals surface area contributed by atoms with E-state index < -0.39 is 4.70 Å². The fraction of sp³-hybridized carbons (Fsp3) is 0. The Morgan fingerprint density at radius 2 is 1.57 bits per heavy atom. The largest absolute Gasteiger partial charge is 0.507 e. The smallest absolute Gasteiger partial charge is 0.313 e. The lowest BCUT2D eigenvalue weighted by atomic mass is 10.3. The number of hydrogen-bond donors (Lipinski definition) is 1. The number of carbonyl (C=O) groups is 1. The second kappa shape index (κ2) is 7.06. The van der Waals surface area contributed by atoms with Crippen LogP contribution in [0.2, 0.25) is 0 Å². The third kappa shape index (κ3) is 5.56. The minimum atomic E-state index is -0.889. The molecule has 1 rings (SSSR count). The Bertz CT molecular complexity index is 313. The molecular formula is C7H3Br3Cl2O2. The van der Waals surface area contributed by atoms with E-state index in [-0.39, 0.29) is 5.75 Å². The van der Waals surface area contributed by atoms with E-state index >= 15 is 0 Å². The first-order valence-corrected chi connectivity index (χ1v) is 6.17. The van der Waals surface area contributed by atoms with Crippen LogP contribution in [0.5, 0.6) is 5.75 Å². The molecule has 0 unspecified atom stereocenters. The van der Waals surface area contributed by atoms with Crippen molar-refractivity contribution in [3.05, 3.63) is 25.6 Å². The van der Waals surface area contributed by atoms with Crippen molar-refractivity contribution in [2.45, 2.75) is 0 Å². The molecule has 7 heteroatoms. The molecule has 0 atom stereocenters. The molecular weight excluding hydrogens is 427 g/mol. The standard InChI is InChI=1S/C6H3Br3O.CCl2O/c7-3-1-2-4(10)6(9)5(3)8;2-1(3)4/h1-2,10H;. The predicted octanol–water partition coefficient (Wildman–Crippen LogP) is 5.26. The van der Waals surface area contributed by atoms with Crippen molar-refractivity contribution >= 4 is 75.7 Å². The molecule has 78 valence electrons. The van der Waals surface area contributed by atoms with Crippen LogP contribution >= 0.6 is 71.0 Å². The number of halogens is 5. The second-order valence-electron chi connectivity index (χ2n) is 1.92. The number of aromatic hydroxyl groups is 1. The first-order valence-electron chi connectivity index (χ1n) is 3.03. The molecule has 0 saturated heterocycles. The summed E-state index contributed by atoms with van der Waals surface area (Å²) in [5.74, 6) is 0.232. The van der Waals surface area contributed by atoms with Gasteiger partial charge in [-0.25, -0.2) is 0 Å². The van der Waals surface area contributed by atoms with Crippen molar-refractivity contribution in [2.24, 2.45) is 0 Å². The third-order valence-corrected chi connectivity index (χ3v) is 4.37. The molecule has 0 fully saturated rings. The average Bonchev–Trinajstić information content (AvgIpc) is 2.07. The van der Waals surface area contributed by atoms with E-state index in [2.05, 4.69) is 71.0 Å². The van der Waals surface area contributed by atoms with Crippen LogP contribution in [0.25, 0.3) is 0 Å². The fourth-order valence-electron chi connectivity index (χ4n) is 0.516. The van der Waals surface area contributed by atoms with Gasteiger partial charge in [-0.2, -0.15) is 0 Å². The number of rotatable bonds is 0. The summed E-state index contributed by atoms with van der Waals surface area (Å²) in [5.41, 5.74) is 0. The van der Waals surface area contributed by atoms with Crippen LogP contribution in [0.3, 0.4) is 0 Å². The average molecular weight is 430 g/mol. The summed E-state index contributed by atoms with van der Waals surface area (Å²) in [5, 5.41) is 9.13. The van der Waals surface area contributed by atoms with Crippen molar-refractivity contribution in [2.75, 3.05) is 0 Å². The van der Waals surface area contributed by atoms with E-state index in [1.54, 1.807) is 12.1 Å². The maximum absolute atomic E-state index is 9.13. The molecule has 1 aromatic carbocycles. The normalized spacial score (nSPS) is 8.93. The van der Waals surface area contributed by atoms with Gasteiger partial charge in [0.05, 0.1) is 4.47 Å². The molecule has 0 aliphatic rings. The van der Waals surface area contributed by atoms with Crippen molar-refractivity contribution in [3.63, 3.8) is 0 Å². The molecule has 0 spiro atoms. The van der Waals surface area contributed by atoms with E-state index in [9.17, 15) is 0 Å². The van der Waals surface area contributed by atoms with Gasteiger partial charge in [-0.3, -0.25) is 4.79 Å². The molecule has 0 amide bonds. The number of benzene rings is 1. The van der Waals surface area contributed by atoms with E-state index in [0.29, 0.717) is 4.47 Å². The zero-order chi connectivity index (χ0) is 11.3. The van der Waals surface area contributed by atoms with Crippen LogP contribution in [0, 0.1) is 0 Å². The summed E-state index contributed by atoms with van der Waals surface area (Å²) in [6.07, 6.45) is 0. The highest BCUT2D eigenvalue weighted by atomic mass is 79.9. The lowest BCUT2D eigenvalue weighted by molar-refractivity contribution is 0.275. The molecule has 0 saturated carbocycles. The van der Waals surface area contributed by atoms with E-state index in [0.717, 1.165) is 8.95 Å². The van der Waals surface area contributed by atoms with Crippen LogP contribution in [-0.4, -0.2) is 9.81 Å². The monoisotopic (exact) mass is 426 g/mol. The predicted molar refractivity (Wildman–Crippen MR) is 68.3 cm³/mol. The van der Waals surface area contributed by atoms with Gasteiger partial charge in [-0.1, -0.05) is 0 Å². The highest BCUT2D eigenvalue weighted by molar-refractivity contribution is 9.14. The van der Waals surface area contributed by atoms with Gasteiger partial charge >= 0.3 is 4.70 Å². The Kier molecular flexibility index (Phi) is 7.42. The summed E-state index contributed by atoms with van der Waals surface area (Å²) in [6, 6.07) is 3.38. The summed E-state index contributed by atoms with van der Waals surface area (Å²) in [6.45, 7) is 0. The van der Waals surface area contributed by atoms with Gasteiger partial charge in [0, 0.05) is 8.95 Å². The molecule has 2 nitrogen and oxygen atoms in total. The number of phenols is 1. The van der Waals surface area contributed by atoms with E-state index in [1.165, 1.54) is 0 Å². The van der Waals surface area contributed by atoms with Gasteiger partial charge in [0.25, 0.3) is 0 Å². The highest BCUT2D eigenvalue weighted by Gasteiger charge is 2.04. The Hall–Kier alpha value is 0.710. The molecule has 1 N–H and O–H groups in total. The minimum Gasteiger partial charge on any atom is -0.507 e. The Balaban J connectivity index is 0.000000364. The molecule has 0 heterocycles. The lowest BCUT2D eigenvalue weighted by Gasteiger charge is -2.00. The molecule has 1 aromatic rings. The van der Waals surface area contributed by atoms with Crippen LogP contribution in [0.15, 0.2) is 25.6 Å². The molecule has 0 aromatic heterocycles. The van der Waals surface area contributed by atoms with Gasteiger partial charge in [-0.05, 0) is 83.1 Å². The SMILES string of the molecule is O=C(Cl)Cl.Oc1ccc(Br)c(Br)c1Br. The number of hydrogen-bond acceptors (Lipinski definition) is 2. The molecule has 0 aliphatic carbocycles. The third-order valence-electron chi connectivity index (χ3n) is 1.01. The zero-order valence-electron chi connectivity index (χ0n) is 6.40. The lowest BCUT2D eigenvalue weighted by Crippen LogP contribution is -1.72. The Labute approximate surface area is 116 Å². The maximum Gasteiger partial charge on any atom is 0.313 e. The number of carbonyl (C=O) groups excluding carboxylic acids is 1. The summed E-state index contributed by atoms with van der Waals surface area (Å²) in [4.78, 5) is 8.98. The van der Waals surface area contributed by atoms with Crippen LogP contribution in [-0.2, 0) is 0 Å². The Morgan fingerprint density at radius 1 is 1.14 bits per heavy atom. The van der Waals surface area contributed by atoms with Gasteiger partial charge in [0.2, 0.25) is 0 Å². The number of phenolic OH excluding ortho intramolecular Hbond substituents is 1. The van der Waals surface area contributed by atoms with Crippen LogP contribution in [0.1, 0.15) is 0 Å². The first kappa shape index (κ1) is 14.7. The first-order chi connectivity index (χ1) is 6.36. The minimum absolute atomic E-state index is 0.232. The van der Waals surface area contributed by atoms with Gasteiger partial charge in [0.1, 0.15) is 5.75 Å². The van der Waals surface area contributed by atoms with Crippen molar-refractivity contribution in [1.82, 2.24) is 0 Å². The summed E-state index contributed by atoms with van der Waals surface area (Å²) >= 11 is 18.6. The zero-order valence-corrected chi connectivity index (χ0v) is 12.7.